The first-order chi connectivity index (χ1) is 8.40. The molecule has 0 bridgehead atoms. The third kappa shape index (κ3) is 2.73. The van der Waals surface area contributed by atoms with Crippen LogP contribution in [0.25, 0.3) is 0 Å². The maximum atomic E-state index is 12.1. The van der Waals surface area contributed by atoms with Crippen LogP contribution in [0.15, 0.2) is 9.42 Å². The molecule has 0 amide bonds. The second kappa shape index (κ2) is 4.99. The van der Waals surface area contributed by atoms with E-state index in [1.54, 1.807) is 13.8 Å². The van der Waals surface area contributed by atoms with Gasteiger partial charge in [0, 0.05) is 13.1 Å². The fraction of sp³-hybridized carbons (Fsp3) is 0.727. The second-order valence-corrected chi connectivity index (χ2v) is 6.63. The smallest absolute Gasteiger partial charge is 0.245 e. The van der Waals surface area contributed by atoms with Gasteiger partial charge in [-0.3, -0.25) is 0 Å². The Hall–Kier alpha value is -0.920. The fourth-order valence-corrected chi connectivity index (χ4v) is 3.79. The maximum Gasteiger partial charge on any atom is 0.245 e. The summed E-state index contributed by atoms with van der Waals surface area (Å²) < 4.78 is 31.8. The summed E-state index contributed by atoms with van der Waals surface area (Å²) in [7, 11) is -1.46. The molecule has 0 saturated carbocycles. The molecule has 1 fully saturated rings. The zero-order valence-electron chi connectivity index (χ0n) is 10.9. The number of aromatic nitrogens is 1. The Labute approximate surface area is 107 Å². The molecule has 1 unspecified atom stereocenters. The number of nitrogens with zero attached hydrogens (tertiary/aromatic N) is 2. The van der Waals surface area contributed by atoms with E-state index in [2.05, 4.69) is 14.8 Å². The van der Waals surface area contributed by atoms with Crippen molar-refractivity contribution < 1.29 is 12.9 Å². The average molecular weight is 273 g/mol. The van der Waals surface area contributed by atoms with Crippen LogP contribution in [-0.2, 0) is 10.0 Å². The lowest BCUT2D eigenvalue weighted by atomic mass is 10.1. The lowest BCUT2D eigenvalue weighted by Crippen LogP contribution is -2.31. The molecular weight excluding hydrogens is 254 g/mol. The van der Waals surface area contributed by atoms with E-state index in [1.165, 1.54) is 0 Å². The molecule has 18 heavy (non-hydrogen) atoms. The van der Waals surface area contributed by atoms with Gasteiger partial charge in [-0.2, -0.15) is 0 Å². The van der Waals surface area contributed by atoms with E-state index >= 15 is 0 Å². The Morgan fingerprint density at radius 1 is 1.50 bits per heavy atom. The molecule has 0 aliphatic carbocycles. The number of rotatable bonds is 4. The third-order valence-corrected chi connectivity index (χ3v) is 4.95. The summed E-state index contributed by atoms with van der Waals surface area (Å²) in [6.45, 7) is 5.67. The fourth-order valence-electron chi connectivity index (χ4n) is 2.35. The van der Waals surface area contributed by atoms with Crippen LogP contribution in [0.5, 0.6) is 0 Å². The van der Waals surface area contributed by atoms with Gasteiger partial charge >= 0.3 is 0 Å². The van der Waals surface area contributed by atoms with Crippen molar-refractivity contribution in [2.45, 2.75) is 25.2 Å². The Morgan fingerprint density at radius 3 is 2.72 bits per heavy atom. The summed E-state index contributed by atoms with van der Waals surface area (Å²) in [6, 6.07) is 0. The number of aryl methyl sites for hydroxylation is 2. The van der Waals surface area contributed by atoms with E-state index < -0.39 is 10.0 Å². The van der Waals surface area contributed by atoms with Gasteiger partial charge in [0.05, 0.1) is 0 Å². The SMILES string of the molecule is Cc1noc(C)c1S(=O)(=O)NCC1CCN(C)C1. The number of hydrogen-bond donors (Lipinski definition) is 1. The minimum Gasteiger partial charge on any atom is -0.360 e. The van der Waals surface area contributed by atoms with Gasteiger partial charge in [-0.05, 0) is 39.8 Å². The lowest BCUT2D eigenvalue weighted by Gasteiger charge is -2.11. The summed E-state index contributed by atoms with van der Waals surface area (Å²) >= 11 is 0. The van der Waals surface area contributed by atoms with E-state index in [0.717, 1.165) is 19.5 Å². The van der Waals surface area contributed by atoms with Gasteiger partial charge in [-0.25, -0.2) is 13.1 Å². The monoisotopic (exact) mass is 273 g/mol. The minimum atomic E-state index is -3.51. The van der Waals surface area contributed by atoms with Crippen molar-refractivity contribution in [1.82, 2.24) is 14.8 Å². The van der Waals surface area contributed by atoms with Crippen molar-refractivity contribution in [3.05, 3.63) is 11.5 Å². The standard InChI is InChI=1S/C11H19N3O3S/c1-8-11(9(2)17-13-8)18(15,16)12-6-10-4-5-14(3)7-10/h10,12H,4-7H2,1-3H3. The van der Waals surface area contributed by atoms with Gasteiger partial charge in [-0.1, -0.05) is 5.16 Å². The summed E-state index contributed by atoms with van der Waals surface area (Å²) in [6.07, 6.45) is 1.03. The first kappa shape index (κ1) is 13.5. The van der Waals surface area contributed by atoms with Crippen LogP contribution in [0.4, 0.5) is 0 Å². The van der Waals surface area contributed by atoms with Gasteiger partial charge in [0.1, 0.15) is 10.6 Å². The molecule has 1 atom stereocenters. The van der Waals surface area contributed by atoms with Gasteiger partial charge in [0.2, 0.25) is 10.0 Å². The maximum absolute atomic E-state index is 12.1. The average Bonchev–Trinajstić information content (AvgIpc) is 2.83. The molecule has 6 nitrogen and oxygen atoms in total. The van der Waals surface area contributed by atoms with Crippen molar-refractivity contribution in [3.8, 4) is 0 Å². The van der Waals surface area contributed by atoms with Gasteiger partial charge < -0.3 is 9.42 Å². The zero-order valence-corrected chi connectivity index (χ0v) is 11.7. The van der Waals surface area contributed by atoms with Crippen molar-refractivity contribution in [3.63, 3.8) is 0 Å². The van der Waals surface area contributed by atoms with Crippen molar-refractivity contribution >= 4 is 10.0 Å². The van der Waals surface area contributed by atoms with Crippen LogP contribution in [0.1, 0.15) is 17.9 Å². The highest BCUT2D eigenvalue weighted by Gasteiger charge is 2.26. The molecule has 1 N–H and O–H groups in total. The molecule has 1 saturated heterocycles. The number of sulfonamides is 1. The molecular formula is C11H19N3O3S. The molecule has 102 valence electrons. The quantitative estimate of drug-likeness (QED) is 0.865. The van der Waals surface area contributed by atoms with Gasteiger partial charge in [0.25, 0.3) is 0 Å². The van der Waals surface area contributed by atoms with Crippen LogP contribution in [-0.4, -0.2) is 45.2 Å². The summed E-state index contributed by atoms with van der Waals surface area (Å²) in [5.74, 6) is 0.716. The summed E-state index contributed by atoms with van der Waals surface area (Å²) in [4.78, 5) is 2.38. The first-order valence-corrected chi connectivity index (χ1v) is 7.49. The largest absolute Gasteiger partial charge is 0.360 e. The molecule has 1 aromatic heterocycles. The highest BCUT2D eigenvalue weighted by molar-refractivity contribution is 7.89. The van der Waals surface area contributed by atoms with Crippen LogP contribution < -0.4 is 4.72 Å². The highest BCUT2D eigenvalue weighted by atomic mass is 32.2. The topological polar surface area (TPSA) is 75.4 Å². The van der Waals surface area contributed by atoms with E-state index in [0.29, 0.717) is 23.9 Å². The van der Waals surface area contributed by atoms with Gasteiger partial charge in [-0.15, -0.1) is 0 Å². The molecule has 1 aromatic rings. The Morgan fingerprint density at radius 2 is 2.22 bits per heavy atom. The molecule has 0 spiro atoms. The number of hydrogen-bond acceptors (Lipinski definition) is 5. The predicted molar refractivity (Wildman–Crippen MR) is 66.8 cm³/mol. The van der Waals surface area contributed by atoms with Crippen molar-refractivity contribution in [2.75, 3.05) is 26.7 Å². The Bertz CT molecular complexity index is 504. The van der Waals surface area contributed by atoms with Crippen LogP contribution >= 0.6 is 0 Å². The molecule has 1 aliphatic heterocycles. The molecule has 0 radical (unpaired) electrons. The van der Waals surface area contributed by atoms with E-state index in [9.17, 15) is 8.42 Å². The van der Waals surface area contributed by atoms with Crippen molar-refractivity contribution in [2.24, 2.45) is 5.92 Å². The van der Waals surface area contributed by atoms with Crippen LogP contribution in [0.3, 0.4) is 0 Å². The lowest BCUT2D eigenvalue weighted by molar-refractivity contribution is 0.390. The Kier molecular flexibility index (Phi) is 3.74. The predicted octanol–water partition coefficient (Wildman–Crippen LogP) is 0.521. The third-order valence-electron chi connectivity index (χ3n) is 3.29. The molecule has 1 aliphatic rings. The summed E-state index contributed by atoms with van der Waals surface area (Å²) in [5.41, 5.74) is 0.406. The second-order valence-electron chi connectivity index (χ2n) is 4.92. The number of nitrogens with one attached hydrogen (secondary N) is 1. The van der Waals surface area contributed by atoms with Crippen LogP contribution in [0.2, 0.25) is 0 Å². The highest BCUT2D eigenvalue weighted by Crippen LogP contribution is 2.19. The number of likely N-dealkylation sites (tertiary alicyclic amines) is 1. The Balaban J connectivity index is 2.04. The van der Waals surface area contributed by atoms with E-state index in [4.69, 9.17) is 4.52 Å². The zero-order chi connectivity index (χ0) is 13.3. The van der Waals surface area contributed by atoms with E-state index in [1.807, 2.05) is 7.05 Å². The minimum absolute atomic E-state index is 0.175. The molecule has 2 rings (SSSR count). The first-order valence-electron chi connectivity index (χ1n) is 6.01. The molecule has 7 heteroatoms. The van der Waals surface area contributed by atoms with Crippen LogP contribution in [0, 0.1) is 19.8 Å². The summed E-state index contributed by atoms with van der Waals surface area (Å²) in [5, 5.41) is 3.67. The normalized spacial score (nSPS) is 21.6. The van der Waals surface area contributed by atoms with Crippen molar-refractivity contribution in [1.29, 1.82) is 0 Å². The molecule has 2 heterocycles. The van der Waals surface area contributed by atoms with Gasteiger partial charge in [0.15, 0.2) is 5.76 Å². The van der Waals surface area contributed by atoms with E-state index in [-0.39, 0.29) is 4.90 Å². The molecule has 0 aromatic carbocycles.